The van der Waals surface area contributed by atoms with Crippen molar-refractivity contribution in [3.05, 3.63) is 41.0 Å². The molecular weight excluding hydrogens is 212 g/mol. The van der Waals surface area contributed by atoms with E-state index in [0.717, 1.165) is 5.56 Å². The van der Waals surface area contributed by atoms with Crippen LogP contribution in [0.25, 0.3) is 6.08 Å². The highest BCUT2D eigenvalue weighted by Crippen LogP contribution is 2.12. The zero-order valence-electron chi connectivity index (χ0n) is 9.77. The second-order valence-corrected chi connectivity index (χ2v) is 3.92. The van der Waals surface area contributed by atoms with Gasteiger partial charge in [-0.25, -0.2) is 0 Å². The van der Waals surface area contributed by atoms with E-state index in [2.05, 4.69) is 0 Å². The lowest BCUT2D eigenvalue weighted by molar-refractivity contribution is -0.117. The third kappa shape index (κ3) is 3.29. The zero-order chi connectivity index (χ0) is 12.8. The molecular formula is C14H12N2O. The Kier molecular flexibility index (Phi) is 4.20. The third-order valence-electron chi connectivity index (χ3n) is 2.26. The van der Waals surface area contributed by atoms with Crippen molar-refractivity contribution >= 4 is 11.9 Å². The highest BCUT2D eigenvalue weighted by molar-refractivity contribution is 6.04. The molecule has 1 aromatic carbocycles. The van der Waals surface area contributed by atoms with Gasteiger partial charge < -0.3 is 0 Å². The minimum Gasteiger partial charge on any atom is -0.293 e. The molecule has 0 aromatic heterocycles. The standard InChI is InChI=1S/C14H12N2O/c1-10(2)14(17)13(9-16)7-11-3-5-12(8-15)6-4-11/h3-7,10H,1-2H3/b13-7-. The summed E-state index contributed by atoms with van der Waals surface area (Å²) < 4.78 is 0. The maximum atomic E-state index is 11.7. The van der Waals surface area contributed by atoms with Crippen molar-refractivity contribution in [1.82, 2.24) is 0 Å². The minimum absolute atomic E-state index is 0.143. The first kappa shape index (κ1) is 12.7. The van der Waals surface area contributed by atoms with E-state index in [1.807, 2.05) is 12.1 Å². The molecule has 1 rings (SSSR count). The van der Waals surface area contributed by atoms with E-state index in [-0.39, 0.29) is 17.3 Å². The number of hydrogen-bond donors (Lipinski definition) is 0. The molecule has 84 valence electrons. The molecule has 0 radical (unpaired) electrons. The van der Waals surface area contributed by atoms with Gasteiger partial charge in [0.25, 0.3) is 0 Å². The normalized spacial score (nSPS) is 10.8. The lowest BCUT2D eigenvalue weighted by atomic mass is 10.00. The van der Waals surface area contributed by atoms with Gasteiger partial charge in [0, 0.05) is 5.92 Å². The molecule has 0 aliphatic carbocycles. The van der Waals surface area contributed by atoms with Crippen LogP contribution in [0.15, 0.2) is 29.8 Å². The summed E-state index contributed by atoms with van der Waals surface area (Å²) in [5.74, 6) is -0.365. The van der Waals surface area contributed by atoms with Crippen molar-refractivity contribution in [2.24, 2.45) is 5.92 Å². The molecule has 0 heterocycles. The SMILES string of the molecule is CC(C)C(=O)/C(C#N)=C\c1ccc(C#N)cc1. The summed E-state index contributed by atoms with van der Waals surface area (Å²) in [4.78, 5) is 11.7. The molecule has 0 atom stereocenters. The minimum atomic E-state index is -0.195. The molecule has 0 saturated heterocycles. The summed E-state index contributed by atoms with van der Waals surface area (Å²) in [5.41, 5.74) is 1.44. The van der Waals surface area contributed by atoms with E-state index in [9.17, 15) is 4.79 Å². The fourth-order valence-electron chi connectivity index (χ4n) is 1.29. The van der Waals surface area contributed by atoms with Crippen LogP contribution in [0.5, 0.6) is 0 Å². The van der Waals surface area contributed by atoms with Gasteiger partial charge in [0.05, 0.1) is 17.2 Å². The van der Waals surface area contributed by atoms with E-state index < -0.39 is 0 Å². The van der Waals surface area contributed by atoms with Gasteiger partial charge in [-0.1, -0.05) is 26.0 Å². The summed E-state index contributed by atoms with van der Waals surface area (Å²) in [6, 6.07) is 10.6. The van der Waals surface area contributed by atoms with Gasteiger partial charge in [0.15, 0.2) is 5.78 Å². The zero-order valence-corrected chi connectivity index (χ0v) is 9.77. The predicted octanol–water partition coefficient (Wildman–Crippen LogP) is 2.69. The number of rotatable bonds is 3. The van der Waals surface area contributed by atoms with Gasteiger partial charge in [-0.2, -0.15) is 10.5 Å². The second-order valence-electron chi connectivity index (χ2n) is 3.92. The molecule has 0 spiro atoms. The van der Waals surface area contributed by atoms with Crippen LogP contribution in [0.1, 0.15) is 25.0 Å². The topological polar surface area (TPSA) is 64.7 Å². The Morgan fingerprint density at radius 2 is 1.82 bits per heavy atom. The average Bonchev–Trinajstić information content (AvgIpc) is 2.35. The average molecular weight is 224 g/mol. The number of nitriles is 2. The van der Waals surface area contributed by atoms with E-state index in [0.29, 0.717) is 5.56 Å². The molecule has 0 amide bonds. The van der Waals surface area contributed by atoms with Crippen molar-refractivity contribution in [3.8, 4) is 12.1 Å². The summed E-state index contributed by atoms with van der Waals surface area (Å²) >= 11 is 0. The quantitative estimate of drug-likeness (QED) is 0.585. The van der Waals surface area contributed by atoms with Crippen LogP contribution in [0.3, 0.4) is 0 Å². The third-order valence-corrected chi connectivity index (χ3v) is 2.26. The molecule has 3 nitrogen and oxygen atoms in total. The maximum absolute atomic E-state index is 11.7. The molecule has 0 saturated carbocycles. The molecule has 0 N–H and O–H groups in total. The van der Waals surface area contributed by atoms with Crippen LogP contribution < -0.4 is 0 Å². The van der Waals surface area contributed by atoms with Crippen molar-refractivity contribution in [2.75, 3.05) is 0 Å². The van der Waals surface area contributed by atoms with Gasteiger partial charge >= 0.3 is 0 Å². The Morgan fingerprint density at radius 3 is 2.24 bits per heavy atom. The van der Waals surface area contributed by atoms with E-state index in [4.69, 9.17) is 10.5 Å². The fourth-order valence-corrected chi connectivity index (χ4v) is 1.29. The van der Waals surface area contributed by atoms with E-state index in [1.54, 1.807) is 44.2 Å². The molecule has 0 unspecified atom stereocenters. The van der Waals surface area contributed by atoms with Gasteiger partial charge in [0.2, 0.25) is 0 Å². The van der Waals surface area contributed by atoms with Gasteiger partial charge in [-0.05, 0) is 23.8 Å². The number of nitrogens with zero attached hydrogens (tertiary/aromatic N) is 2. The summed E-state index contributed by atoms with van der Waals surface area (Å²) in [7, 11) is 0. The largest absolute Gasteiger partial charge is 0.293 e. The highest BCUT2D eigenvalue weighted by Gasteiger charge is 2.12. The van der Waals surface area contributed by atoms with Gasteiger partial charge in [0.1, 0.15) is 6.07 Å². The lowest BCUT2D eigenvalue weighted by Gasteiger charge is -2.01. The van der Waals surface area contributed by atoms with E-state index in [1.165, 1.54) is 0 Å². The maximum Gasteiger partial charge on any atom is 0.175 e. The Labute approximate surface area is 101 Å². The molecule has 1 aromatic rings. The van der Waals surface area contributed by atoms with Crippen LogP contribution in [-0.4, -0.2) is 5.78 Å². The smallest absolute Gasteiger partial charge is 0.175 e. The molecule has 0 fully saturated rings. The summed E-state index contributed by atoms with van der Waals surface area (Å²) in [6.07, 6.45) is 1.55. The Bertz CT molecular complexity index is 525. The summed E-state index contributed by atoms with van der Waals surface area (Å²) in [5, 5.41) is 17.6. The Hall–Kier alpha value is -2.39. The first-order chi connectivity index (χ1) is 8.08. The van der Waals surface area contributed by atoms with E-state index >= 15 is 0 Å². The predicted molar refractivity (Wildman–Crippen MR) is 64.6 cm³/mol. The fraction of sp³-hybridized carbons (Fsp3) is 0.214. The van der Waals surface area contributed by atoms with Crippen LogP contribution in [0.4, 0.5) is 0 Å². The van der Waals surface area contributed by atoms with Gasteiger partial charge in [-0.3, -0.25) is 4.79 Å². The van der Waals surface area contributed by atoms with Gasteiger partial charge in [-0.15, -0.1) is 0 Å². The van der Waals surface area contributed by atoms with Crippen LogP contribution in [-0.2, 0) is 4.79 Å². The summed E-state index contributed by atoms with van der Waals surface area (Å²) in [6.45, 7) is 3.51. The molecule has 0 bridgehead atoms. The first-order valence-corrected chi connectivity index (χ1v) is 5.24. The molecule has 17 heavy (non-hydrogen) atoms. The first-order valence-electron chi connectivity index (χ1n) is 5.24. The number of Topliss-reactive ketones (excluding diaryl/α,β-unsaturated/α-hetero) is 1. The van der Waals surface area contributed by atoms with Crippen LogP contribution in [0.2, 0.25) is 0 Å². The lowest BCUT2D eigenvalue weighted by Crippen LogP contribution is -2.08. The highest BCUT2D eigenvalue weighted by atomic mass is 16.1. The number of allylic oxidation sites excluding steroid dienone is 1. The molecule has 3 heteroatoms. The van der Waals surface area contributed by atoms with Crippen molar-refractivity contribution in [2.45, 2.75) is 13.8 Å². The number of benzene rings is 1. The Morgan fingerprint density at radius 1 is 1.24 bits per heavy atom. The second kappa shape index (κ2) is 5.63. The monoisotopic (exact) mass is 224 g/mol. The number of hydrogen-bond acceptors (Lipinski definition) is 3. The number of carbonyl (C=O) groups excluding carboxylic acids is 1. The van der Waals surface area contributed by atoms with Crippen molar-refractivity contribution < 1.29 is 4.79 Å². The van der Waals surface area contributed by atoms with Crippen LogP contribution >= 0.6 is 0 Å². The van der Waals surface area contributed by atoms with Crippen molar-refractivity contribution in [3.63, 3.8) is 0 Å². The Balaban J connectivity index is 3.04. The molecule has 0 aliphatic rings. The number of ketones is 1. The molecule has 0 aliphatic heterocycles. The van der Waals surface area contributed by atoms with Crippen LogP contribution in [0, 0.1) is 28.6 Å². The van der Waals surface area contributed by atoms with Crippen molar-refractivity contribution in [1.29, 1.82) is 10.5 Å². The number of carbonyl (C=O) groups is 1.